The fourth-order valence-electron chi connectivity index (χ4n) is 4.30. The van der Waals surface area contributed by atoms with Crippen molar-refractivity contribution in [2.45, 2.75) is 89.3 Å². The first-order valence-electron chi connectivity index (χ1n) is 9.72. The molecule has 0 unspecified atom stereocenters. The average Bonchev–Trinajstić information content (AvgIpc) is 3.11. The number of nitrogens with zero attached hydrogens (tertiary/aromatic N) is 3. The van der Waals surface area contributed by atoms with Crippen molar-refractivity contribution < 1.29 is 14.7 Å². The van der Waals surface area contributed by atoms with Gasteiger partial charge >= 0.3 is 5.97 Å². The minimum absolute atomic E-state index is 0.0181. The van der Waals surface area contributed by atoms with Crippen LogP contribution in [-0.4, -0.2) is 43.7 Å². The standard InChI is InChI=1S/C19H29N3O3/c23-18(24)11-12-21-14-15(13-20-21)19(25)22(16-7-3-1-4-8-16)17-9-5-2-6-10-17/h13-14,16-17H,1-12H2,(H,23,24). The first kappa shape index (κ1) is 18.0. The lowest BCUT2D eigenvalue weighted by molar-refractivity contribution is -0.137. The van der Waals surface area contributed by atoms with Crippen molar-refractivity contribution in [2.24, 2.45) is 0 Å². The fourth-order valence-corrected chi connectivity index (χ4v) is 4.30. The molecule has 3 rings (SSSR count). The highest BCUT2D eigenvalue weighted by Crippen LogP contribution is 2.31. The van der Waals surface area contributed by atoms with Crippen LogP contribution in [0.5, 0.6) is 0 Å². The van der Waals surface area contributed by atoms with Gasteiger partial charge in [-0.25, -0.2) is 0 Å². The second-order valence-electron chi connectivity index (χ2n) is 7.43. The van der Waals surface area contributed by atoms with Gasteiger partial charge in [-0.15, -0.1) is 0 Å². The van der Waals surface area contributed by atoms with Gasteiger partial charge in [-0.1, -0.05) is 38.5 Å². The Morgan fingerprint density at radius 1 is 1.04 bits per heavy atom. The third kappa shape index (κ3) is 4.61. The molecule has 25 heavy (non-hydrogen) atoms. The molecule has 2 aliphatic rings. The molecule has 0 aromatic carbocycles. The van der Waals surface area contributed by atoms with Crippen molar-refractivity contribution >= 4 is 11.9 Å². The van der Waals surface area contributed by atoms with E-state index in [9.17, 15) is 9.59 Å². The summed E-state index contributed by atoms with van der Waals surface area (Å²) < 4.78 is 1.57. The summed E-state index contributed by atoms with van der Waals surface area (Å²) in [6.45, 7) is 0.301. The van der Waals surface area contributed by atoms with Crippen LogP contribution in [0.2, 0.25) is 0 Å². The molecule has 0 atom stereocenters. The van der Waals surface area contributed by atoms with Crippen molar-refractivity contribution in [3.63, 3.8) is 0 Å². The predicted octanol–water partition coefficient (Wildman–Crippen LogP) is 3.47. The third-order valence-electron chi connectivity index (χ3n) is 5.61. The first-order chi connectivity index (χ1) is 12.1. The molecule has 2 aliphatic carbocycles. The summed E-state index contributed by atoms with van der Waals surface area (Å²) in [5, 5.41) is 13.0. The molecule has 6 heteroatoms. The molecule has 1 amide bonds. The van der Waals surface area contributed by atoms with E-state index in [1.807, 2.05) is 0 Å². The summed E-state index contributed by atoms with van der Waals surface area (Å²) >= 11 is 0. The second kappa shape index (κ2) is 8.50. The van der Waals surface area contributed by atoms with Gasteiger partial charge in [-0.3, -0.25) is 14.3 Å². The zero-order valence-corrected chi connectivity index (χ0v) is 14.9. The van der Waals surface area contributed by atoms with E-state index in [4.69, 9.17) is 5.11 Å². The molecule has 0 saturated heterocycles. The lowest BCUT2D eigenvalue weighted by Gasteiger charge is -2.41. The van der Waals surface area contributed by atoms with Gasteiger partial charge in [0.05, 0.1) is 24.7 Å². The van der Waals surface area contributed by atoms with Crippen LogP contribution >= 0.6 is 0 Å². The Morgan fingerprint density at radius 2 is 1.60 bits per heavy atom. The van der Waals surface area contributed by atoms with Crippen molar-refractivity contribution in [3.8, 4) is 0 Å². The number of hydrogen-bond acceptors (Lipinski definition) is 3. The molecule has 6 nitrogen and oxygen atoms in total. The Labute approximate surface area is 149 Å². The van der Waals surface area contributed by atoms with Crippen molar-refractivity contribution in [1.29, 1.82) is 0 Å². The first-order valence-corrected chi connectivity index (χ1v) is 9.72. The molecular formula is C19H29N3O3. The van der Waals surface area contributed by atoms with Crippen molar-refractivity contribution in [1.82, 2.24) is 14.7 Å². The van der Waals surface area contributed by atoms with Gasteiger partial charge in [0.25, 0.3) is 5.91 Å². The molecule has 2 saturated carbocycles. The molecule has 0 radical (unpaired) electrons. The fraction of sp³-hybridized carbons (Fsp3) is 0.737. The summed E-state index contributed by atoms with van der Waals surface area (Å²) in [5.41, 5.74) is 0.599. The highest BCUT2D eigenvalue weighted by atomic mass is 16.4. The van der Waals surface area contributed by atoms with Gasteiger partial charge in [-0.2, -0.15) is 5.10 Å². The van der Waals surface area contributed by atoms with E-state index in [1.54, 1.807) is 17.1 Å². The summed E-state index contributed by atoms with van der Waals surface area (Å²) in [6, 6.07) is 0.707. The quantitative estimate of drug-likeness (QED) is 0.855. The SMILES string of the molecule is O=C(O)CCn1cc(C(=O)N(C2CCCCC2)C2CCCCC2)cn1. The molecule has 1 N–H and O–H groups in total. The van der Waals surface area contributed by atoms with Gasteiger partial charge < -0.3 is 10.0 Å². The summed E-state index contributed by atoms with van der Waals surface area (Å²) in [4.78, 5) is 26.1. The number of aliphatic carboxylic acids is 1. The monoisotopic (exact) mass is 347 g/mol. The van der Waals surface area contributed by atoms with E-state index in [1.165, 1.54) is 38.5 Å². The molecular weight excluding hydrogens is 318 g/mol. The van der Waals surface area contributed by atoms with Gasteiger partial charge in [0.1, 0.15) is 0 Å². The van der Waals surface area contributed by atoms with Crippen molar-refractivity contribution in [2.75, 3.05) is 0 Å². The van der Waals surface area contributed by atoms with Crippen LogP contribution in [0.1, 0.15) is 81.0 Å². The maximum Gasteiger partial charge on any atom is 0.305 e. The van der Waals surface area contributed by atoms with E-state index in [-0.39, 0.29) is 12.3 Å². The second-order valence-corrected chi connectivity index (χ2v) is 7.43. The smallest absolute Gasteiger partial charge is 0.305 e. The van der Waals surface area contributed by atoms with Crippen LogP contribution in [0.3, 0.4) is 0 Å². The Balaban J connectivity index is 1.74. The number of rotatable bonds is 6. The van der Waals surface area contributed by atoms with E-state index >= 15 is 0 Å². The van der Waals surface area contributed by atoms with Crippen LogP contribution in [0.25, 0.3) is 0 Å². The lowest BCUT2D eigenvalue weighted by Crippen LogP contribution is -2.48. The van der Waals surface area contributed by atoms with Crippen LogP contribution in [0.15, 0.2) is 12.4 Å². The molecule has 1 aromatic rings. The van der Waals surface area contributed by atoms with Gasteiger partial charge in [0, 0.05) is 18.3 Å². The van der Waals surface area contributed by atoms with Crippen molar-refractivity contribution in [3.05, 3.63) is 18.0 Å². The summed E-state index contributed by atoms with van der Waals surface area (Å²) in [5.74, 6) is -0.769. The highest BCUT2D eigenvalue weighted by molar-refractivity contribution is 5.94. The number of hydrogen-bond donors (Lipinski definition) is 1. The van der Waals surface area contributed by atoms with Crippen LogP contribution in [0, 0.1) is 0 Å². The highest BCUT2D eigenvalue weighted by Gasteiger charge is 2.33. The van der Waals surface area contributed by atoms with Gasteiger partial charge in [-0.05, 0) is 25.7 Å². The number of carboxylic acids is 1. The van der Waals surface area contributed by atoms with E-state index in [0.29, 0.717) is 24.2 Å². The molecule has 0 aliphatic heterocycles. The lowest BCUT2D eigenvalue weighted by atomic mass is 9.88. The van der Waals surface area contributed by atoms with Gasteiger partial charge in [0.2, 0.25) is 0 Å². The molecule has 0 spiro atoms. The maximum atomic E-state index is 13.3. The molecule has 0 bridgehead atoms. The number of carbonyl (C=O) groups is 2. The van der Waals surface area contributed by atoms with E-state index in [0.717, 1.165) is 25.7 Å². The van der Waals surface area contributed by atoms with E-state index < -0.39 is 5.97 Å². The van der Waals surface area contributed by atoms with Crippen LogP contribution in [0.4, 0.5) is 0 Å². The zero-order chi connectivity index (χ0) is 17.6. The number of carbonyl (C=O) groups excluding carboxylic acids is 1. The molecule has 1 aromatic heterocycles. The Kier molecular flexibility index (Phi) is 6.10. The van der Waals surface area contributed by atoms with Crippen LogP contribution in [-0.2, 0) is 11.3 Å². The number of aryl methyl sites for hydroxylation is 1. The normalized spacial score (nSPS) is 19.7. The zero-order valence-electron chi connectivity index (χ0n) is 14.9. The molecule has 138 valence electrons. The molecule has 1 heterocycles. The average molecular weight is 347 g/mol. The number of amides is 1. The summed E-state index contributed by atoms with van der Waals surface area (Å²) in [6.07, 6.45) is 15.1. The Bertz CT molecular complexity index is 568. The minimum atomic E-state index is -0.852. The third-order valence-corrected chi connectivity index (χ3v) is 5.61. The predicted molar refractivity (Wildman–Crippen MR) is 94.4 cm³/mol. The maximum absolute atomic E-state index is 13.3. The summed E-state index contributed by atoms with van der Waals surface area (Å²) in [7, 11) is 0. The molecule has 2 fully saturated rings. The topological polar surface area (TPSA) is 75.4 Å². The number of carboxylic acid groups (broad SMARTS) is 1. The largest absolute Gasteiger partial charge is 0.481 e. The van der Waals surface area contributed by atoms with E-state index in [2.05, 4.69) is 10.00 Å². The Hall–Kier alpha value is -1.85. The number of aromatic nitrogens is 2. The minimum Gasteiger partial charge on any atom is -0.481 e. The van der Waals surface area contributed by atoms with Crippen LogP contribution < -0.4 is 0 Å². The Morgan fingerprint density at radius 3 is 2.12 bits per heavy atom. The van der Waals surface area contributed by atoms with Gasteiger partial charge in [0.15, 0.2) is 0 Å².